The molecule has 0 unspecified atom stereocenters. The molecule has 156 valence electrons. The summed E-state index contributed by atoms with van der Waals surface area (Å²) in [5.74, 6) is 0.444. The Hall–Kier alpha value is -2.20. The van der Waals surface area contributed by atoms with E-state index in [4.69, 9.17) is 44.3 Å². The van der Waals surface area contributed by atoms with E-state index in [1.165, 1.54) is 12.1 Å². The van der Waals surface area contributed by atoms with E-state index >= 15 is 0 Å². The van der Waals surface area contributed by atoms with Crippen LogP contribution in [0.15, 0.2) is 36.4 Å². The Balaban J connectivity index is 2.20. The van der Waals surface area contributed by atoms with Crippen molar-refractivity contribution < 1.29 is 14.3 Å². The van der Waals surface area contributed by atoms with Crippen molar-refractivity contribution in [3.8, 4) is 22.6 Å². The highest BCUT2D eigenvalue weighted by atomic mass is 35.5. The fraction of sp³-hybridized carbons (Fsp3) is 0.208. The minimum atomic E-state index is -0.657. The van der Waals surface area contributed by atoms with E-state index in [9.17, 15) is 4.79 Å². The Bertz CT molecular complexity index is 1130. The largest absolute Gasteiger partial charge is 0.496 e. The smallest absolute Gasteiger partial charge is 0.346 e. The average Bonchev–Trinajstić information content (AvgIpc) is 2.67. The molecule has 3 rings (SSSR count). The van der Waals surface area contributed by atoms with Gasteiger partial charge in [-0.1, -0.05) is 46.9 Å². The van der Waals surface area contributed by atoms with Gasteiger partial charge in [0.1, 0.15) is 11.5 Å². The van der Waals surface area contributed by atoms with Crippen molar-refractivity contribution in [1.82, 2.24) is 0 Å². The molecule has 3 aromatic carbocycles. The van der Waals surface area contributed by atoms with Gasteiger partial charge >= 0.3 is 5.97 Å². The van der Waals surface area contributed by atoms with Crippen molar-refractivity contribution >= 4 is 40.8 Å². The molecule has 0 heterocycles. The molecule has 0 N–H and O–H groups in total. The lowest BCUT2D eigenvalue weighted by Gasteiger charge is -2.20. The summed E-state index contributed by atoms with van der Waals surface area (Å²) >= 11 is 18.4. The van der Waals surface area contributed by atoms with E-state index in [0.717, 1.165) is 33.4 Å². The topological polar surface area (TPSA) is 35.5 Å². The summed E-state index contributed by atoms with van der Waals surface area (Å²) in [6.45, 7) is 8.05. The molecule has 0 spiro atoms. The Morgan fingerprint density at radius 1 is 0.767 bits per heavy atom. The molecular formula is C24H21Cl3O3. The summed E-state index contributed by atoms with van der Waals surface area (Å²) in [4.78, 5) is 13.0. The van der Waals surface area contributed by atoms with Crippen molar-refractivity contribution in [3.63, 3.8) is 0 Å². The van der Waals surface area contributed by atoms with Crippen LogP contribution >= 0.6 is 34.8 Å². The van der Waals surface area contributed by atoms with Crippen LogP contribution < -0.4 is 9.47 Å². The van der Waals surface area contributed by atoms with Gasteiger partial charge in [-0.05, 0) is 74.2 Å². The summed E-state index contributed by atoms with van der Waals surface area (Å²) in [7, 11) is 1.62. The predicted octanol–water partition coefficient (Wildman–Crippen LogP) is 7.78. The molecule has 3 nitrogen and oxygen atoms in total. The molecule has 0 saturated carbocycles. The third-order valence-corrected chi connectivity index (χ3v) is 6.09. The number of esters is 1. The summed E-state index contributed by atoms with van der Waals surface area (Å²) in [6.07, 6.45) is 0. The number of benzene rings is 3. The zero-order chi connectivity index (χ0) is 22.2. The van der Waals surface area contributed by atoms with Crippen LogP contribution in [-0.4, -0.2) is 13.1 Å². The predicted molar refractivity (Wildman–Crippen MR) is 124 cm³/mol. The highest BCUT2D eigenvalue weighted by Gasteiger charge is 2.23. The molecule has 0 aliphatic rings. The Morgan fingerprint density at radius 2 is 1.23 bits per heavy atom. The number of methoxy groups -OCH3 is 1. The zero-order valence-electron chi connectivity index (χ0n) is 17.3. The van der Waals surface area contributed by atoms with Gasteiger partial charge in [-0.25, -0.2) is 4.79 Å². The Morgan fingerprint density at radius 3 is 1.73 bits per heavy atom. The van der Waals surface area contributed by atoms with Gasteiger partial charge in [0.2, 0.25) is 0 Å². The minimum Gasteiger partial charge on any atom is -0.496 e. The first-order chi connectivity index (χ1) is 14.1. The first-order valence-electron chi connectivity index (χ1n) is 9.27. The standard InChI is InChI=1S/C24H21Cl3O3/c1-12-6-8-19(29-5)21(14(12)3)22-15(4)13(2)7-9-20(22)30-24(28)23-17(26)10-16(25)11-18(23)27/h6-11H,1-5H3. The van der Waals surface area contributed by atoms with E-state index < -0.39 is 5.97 Å². The number of carbonyl (C=O) groups excluding carboxylic acids is 1. The van der Waals surface area contributed by atoms with Gasteiger partial charge in [-0.3, -0.25) is 0 Å². The molecule has 30 heavy (non-hydrogen) atoms. The number of carbonyl (C=O) groups is 1. The molecule has 0 atom stereocenters. The zero-order valence-corrected chi connectivity index (χ0v) is 19.6. The second-order valence-electron chi connectivity index (χ2n) is 7.10. The fourth-order valence-corrected chi connectivity index (χ4v) is 4.32. The van der Waals surface area contributed by atoms with E-state index in [1.807, 2.05) is 45.9 Å². The lowest BCUT2D eigenvalue weighted by molar-refractivity contribution is 0.0736. The van der Waals surface area contributed by atoms with E-state index in [2.05, 4.69) is 0 Å². The minimum absolute atomic E-state index is 0.0693. The van der Waals surface area contributed by atoms with Crippen LogP contribution in [0.1, 0.15) is 32.6 Å². The molecule has 0 saturated heterocycles. The second kappa shape index (κ2) is 8.89. The first kappa shape index (κ1) is 22.5. The van der Waals surface area contributed by atoms with Gasteiger partial charge in [0, 0.05) is 16.1 Å². The van der Waals surface area contributed by atoms with Crippen LogP contribution in [0.2, 0.25) is 15.1 Å². The summed E-state index contributed by atoms with van der Waals surface area (Å²) in [6, 6.07) is 10.5. The maximum atomic E-state index is 13.0. The van der Waals surface area contributed by atoms with Crippen LogP contribution in [0.5, 0.6) is 11.5 Å². The number of hydrogen-bond acceptors (Lipinski definition) is 3. The molecule has 0 bridgehead atoms. The molecule has 6 heteroatoms. The van der Waals surface area contributed by atoms with Crippen molar-refractivity contribution in [2.75, 3.05) is 7.11 Å². The van der Waals surface area contributed by atoms with Gasteiger partial charge in [-0.15, -0.1) is 0 Å². The van der Waals surface area contributed by atoms with Crippen molar-refractivity contribution in [3.05, 3.63) is 79.3 Å². The maximum Gasteiger partial charge on any atom is 0.346 e. The number of aryl methyl sites for hydroxylation is 2. The van der Waals surface area contributed by atoms with E-state index in [1.54, 1.807) is 13.2 Å². The summed E-state index contributed by atoms with van der Waals surface area (Å²) in [5, 5.41) is 0.605. The van der Waals surface area contributed by atoms with Crippen LogP contribution in [0, 0.1) is 27.7 Å². The van der Waals surface area contributed by atoms with E-state index in [-0.39, 0.29) is 15.6 Å². The molecule has 0 aliphatic carbocycles. The first-order valence-corrected chi connectivity index (χ1v) is 10.4. The molecule has 0 fully saturated rings. The molecule has 0 amide bonds. The summed E-state index contributed by atoms with van der Waals surface area (Å²) < 4.78 is 11.4. The van der Waals surface area contributed by atoms with Gasteiger partial charge in [-0.2, -0.15) is 0 Å². The lowest BCUT2D eigenvalue weighted by atomic mass is 9.90. The monoisotopic (exact) mass is 462 g/mol. The van der Waals surface area contributed by atoms with Crippen molar-refractivity contribution in [1.29, 1.82) is 0 Å². The van der Waals surface area contributed by atoms with Gasteiger partial charge < -0.3 is 9.47 Å². The third-order valence-electron chi connectivity index (χ3n) is 5.28. The van der Waals surface area contributed by atoms with Crippen LogP contribution in [-0.2, 0) is 0 Å². The Kier molecular flexibility index (Phi) is 6.66. The highest BCUT2D eigenvalue weighted by Crippen LogP contribution is 2.43. The number of ether oxygens (including phenoxy) is 2. The molecule has 0 aliphatic heterocycles. The van der Waals surface area contributed by atoms with Crippen molar-refractivity contribution in [2.24, 2.45) is 0 Å². The Labute approximate surface area is 191 Å². The molecule has 3 aromatic rings. The van der Waals surface area contributed by atoms with Gasteiger partial charge in [0.15, 0.2) is 0 Å². The number of hydrogen-bond donors (Lipinski definition) is 0. The summed E-state index contributed by atoms with van der Waals surface area (Å²) in [5.41, 5.74) is 5.95. The quantitative estimate of drug-likeness (QED) is 0.293. The lowest BCUT2D eigenvalue weighted by Crippen LogP contribution is -2.12. The normalized spacial score (nSPS) is 10.8. The van der Waals surface area contributed by atoms with Crippen LogP contribution in [0.3, 0.4) is 0 Å². The van der Waals surface area contributed by atoms with Gasteiger partial charge in [0.25, 0.3) is 0 Å². The van der Waals surface area contributed by atoms with Crippen LogP contribution in [0.25, 0.3) is 11.1 Å². The number of halogens is 3. The SMILES string of the molecule is COc1ccc(C)c(C)c1-c1c(OC(=O)c2c(Cl)cc(Cl)cc2Cl)ccc(C)c1C. The molecule has 0 radical (unpaired) electrons. The highest BCUT2D eigenvalue weighted by molar-refractivity contribution is 6.41. The van der Waals surface area contributed by atoms with E-state index in [0.29, 0.717) is 16.5 Å². The molecular weight excluding hydrogens is 443 g/mol. The third kappa shape index (κ3) is 4.15. The molecule has 0 aromatic heterocycles. The second-order valence-corrected chi connectivity index (χ2v) is 8.35. The fourth-order valence-electron chi connectivity index (χ4n) is 3.35. The van der Waals surface area contributed by atoms with Gasteiger partial charge in [0.05, 0.1) is 22.7 Å². The van der Waals surface area contributed by atoms with Crippen LogP contribution in [0.4, 0.5) is 0 Å². The average molecular weight is 464 g/mol. The van der Waals surface area contributed by atoms with Crippen molar-refractivity contribution in [2.45, 2.75) is 27.7 Å². The number of rotatable bonds is 4. The maximum absolute atomic E-state index is 13.0.